The lowest BCUT2D eigenvalue weighted by atomic mass is 10.0. The first kappa shape index (κ1) is 25.2. The molecule has 0 bridgehead atoms. The normalized spacial score (nSPS) is 13.6. The lowest BCUT2D eigenvalue weighted by molar-refractivity contribution is -0.131. The Morgan fingerprint density at radius 3 is 2.06 bits per heavy atom. The predicted octanol–water partition coefficient (Wildman–Crippen LogP) is 0.713. The van der Waals surface area contributed by atoms with Crippen LogP contribution in [-0.4, -0.2) is 53.0 Å². The van der Waals surface area contributed by atoms with Gasteiger partial charge in [0, 0.05) is 12.8 Å². The number of hydrogen-bond donors (Lipinski definition) is 5. The maximum Gasteiger partial charge on any atom is 0.243 e. The Morgan fingerprint density at radius 2 is 1.47 bits per heavy atom. The summed E-state index contributed by atoms with van der Waals surface area (Å²) in [6.45, 7) is 0. The van der Waals surface area contributed by atoms with Crippen molar-refractivity contribution in [3.63, 3.8) is 0 Å². The van der Waals surface area contributed by atoms with Gasteiger partial charge in [0.1, 0.15) is 17.8 Å². The fourth-order valence-corrected chi connectivity index (χ4v) is 3.57. The molecular weight excluding hydrogens is 428 g/mol. The average molecular weight is 459 g/mol. The smallest absolute Gasteiger partial charge is 0.243 e. The molecule has 0 aliphatic rings. The van der Waals surface area contributed by atoms with Gasteiger partial charge in [-0.05, 0) is 41.7 Å². The highest BCUT2D eigenvalue weighted by molar-refractivity contribution is 7.98. The molecule has 0 aliphatic carbocycles. The molecule has 3 amide bonds. The van der Waals surface area contributed by atoms with Gasteiger partial charge in [-0.25, -0.2) is 0 Å². The van der Waals surface area contributed by atoms with Crippen LogP contribution in [0.1, 0.15) is 17.5 Å². The maximum atomic E-state index is 13.1. The summed E-state index contributed by atoms with van der Waals surface area (Å²) in [5, 5.41) is 14.8. The minimum atomic E-state index is -0.979. The van der Waals surface area contributed by atoms with Gasteiger partial charge < -0.3 is 27.2 Å². The van der Waals surface area contributed by atoms with Crippen LogP contribution in [0.4, 0.5) is 0 Å². The summed E-state index contributed by atoms with van der Waals surface area (Å²) in [7, 11) is 0. The first-order valence-corrected chi connectivity index (χ1v) is 11.7. The lowest BCUT2D eigenvalue weighted by Gasteiger charge is -2.23. The van der Waals surface area contributed by atoms with Crippen molar-refractivity contribution in [1.29, 1.82) is 0 Å². The van der Waals surface area contributed by atoms with Crippen LogP contribution in [-0.2, 0) is 27.2 Å². The molecule has 8 nitrogen and oxygen atoms in total. The van der Waals surface area contributed by atoms with Gasteiger partial charge in [0.2, 0.25) is 17.7 Å². The Kier molecular flexibility index (Phi) is 10.0. The Morgan fingerprint density at radius 1 is 0.906 bits per heavy atom. The molecule has 3 atom stereocenters. The van der Waals surface area contributed by atoms with Crippen LogP contribution in [0.15, 0.2) is 54.6 Å². The van der Waals surface area contributed by atoms with E-state index in [9.17, 15) is 19.5 Å². The van der Waals surface area contributed by atoms with E-state index in [0.29, 0.717) is 6.42 Å². The number of phenolic OH excluding ortho intramolecular Hbond substituents is 1. The van der Waals surface area contributed by atoms with Crippen molar-refractivity contribution in [3.8, 4) is 5.75 Å². The molecule has 9 heteroatoms. The summed E-state index contributed by atoms with van der Waals surface area (Å²) in [5.41, 5.74) is 13.0. The largest absolute Gasteiger partial charge is 0.508 e. The van der Waals surface area contributed by atoms with Gasteiger partial charge in [0.15, 0.2) is 0 Å². The van der Waals surface area contributed by atoms with E-state index < -0.39 is 35.8 Å². The first-order chi connectivity index (χ1) is 15.3. The summed E-state index contributed by atoms with van der Waals surface area (Å²) in [6, 6.07) is 12.9. The third-order valence-electron chi connectivity index (χ3n) is 4.92. The SMILES string of the molecule is CSCCC(N)C(=O)NC(Cc1ccccc1)C(=O)NC(Cc1ccc(O)cc1)C(N)=O. The number of carbonyl (C=O) groups is 3. The second kappa shape index (κ2) is 12.7. The van der Waals surface area contributed by atoms with Crippen molar-refractivity contribution in [3.05, 3.63) is 65.7 Å². The van der Waals surface area contributed by atoms with Crippen molar-refractivity contribution in [1.82, 2.24) is 10.6 Å². The zero-order valence-electron chi connectivity index (χ0n) is 18.0. The van der Waals surface area contributed by atoms with Crippen molar-refractivity contribution < 1.29 is 19.5 Å². The van der Waals surface area contributed by atoms with Gasteiger partial charge in [-0.3, -0.25) is 14.4 Å². The molecular formula is C23H30N4O4S. The Labute approximate surface area is 192 Å². The van der Waals surface area contributed by atoms with E-state index in [1.807, 2.05) is 36.6 Å². The molecule has 32 heavy (non-hydrogen) atoms. The Balaban J connectivity index is 2.14. The number of aromatic hydroxyl groups is 1. The summed E-state index contributed by atoms with van der Waals surface area (Å²) in [5.74, 6) is -0.837. The highest BCUT2D eigenvalue weighted by Crippen LogP contribution is 2.12. The van der Waals surface area contributed by atoms with Crippen LogP contribution < -0.4 is 22.1 Å². The summed E-state index contributed by atoms with van der Waals surface area (Å²) >= 11 is 1.58. The third-order valence-corrected chi connectivity index (χ3v) is 5.57. The average Bonchev–Trinajstić information content (AvgIpc) is 2.78. The number of carbonyl (C=O) groups excluding carboxylic acids is 3. The Hall–Kier alpha value is -3.04. The lowest BCUT2D eigenvalue weighted by Crippen LogP contribution is -2.56. The molecule has 0 aliphatic heterocycles. The number of primary amides is 1. The second-order valence-corrected chi connectivity index (χ2v) is 8.46. The van der Waals surface area contributed by atoms with E-state index in [2.05, 4.69) is 10.6 Å². The number of hydrogen-bond acceptors (Lipinski definition) is 6. The summed E-state index contributed by atoms with van der Waals surface area (Å²) in [6.07, 6.45) is 2.80. The molecule has 2 aromatic carbocycles. The van der Waals surface area contributed by atoms with Gasteiger partial charge in [-0.1, -0.05) is 42.5 Å². The Bertz CT molecular complexity index is 893. The van der Waals surface area contributed by atoms with E-state index in [-0.39, 0.29) is 18.6 Å². The van der Waals surface area contributed by atoms with E-state index >= 15 is 0 Å². The molecule has 2 aromatic rings. The van der Waals surface area contributed by atoms with Crippen molar-refractivity contribution >= 4 is 29.5 Å². The third kappa shape index (κ3) is 8.24. The topological polar surface area (TPSA) is 148 Å². The zero-order valence-corrected chi connectivity index (χ0v) is 18.8. The van der Waals surface area contributed by atoms with Crippen LogP contribution in [0, 0.1) is 0 Å². The molecule has 0 spiro atoms. The number of nitrogens with one attached hydrogen (secondary N) is 2. The van der Waals surface area contributed by atoms with Crippen LogP contribution in [0.2, 0.25) is 0 Å². The molecule has 0 radical (unpaired) electrons. The van der Waals surface area contributed by atoms with Crippen molar-refractivity contribution in [2.24, 2.45) is 11.5 Å². The number of amides is 3. The highest BCUT2D eigenvalue weighted by Gasteiger charge is 2.27. The van der Waals surface area contributed by atoms with E-state index in [1.54, 1.807) is 23.9 Å². The number of thioether (sulfide) groups is 1. The van der Waals surface area contributed by atoms with E-state index in [0.717, 1.165) is 16.9 Å². The van der Waals surface area contributed by atoms with Gasteiger partial charge in [0.05, 0.1) is 6.04 Å². The quantitative estimate of drug-likeness (QED) is 0.316. The minimum absolute atomic E-state index is 0.0943. The van der Waals surface area contributed by atoms with E-state index in [4.69, 9.17) is 11.5 Å². The standard InChI is InChI=1S/C23H30N4O4S/c1-32-12-11-18(24)22(30)27-20(14-15-5-3-2-4-6-15)23(31)26-19(21(25)29)13-16-7-9-17(28)10-8-16/h2-10,18-20,28H,11-14,24H2,1H3,(H2,25,29)(H,26,31)(H,27,30). The molecule has 7 N–H and O–H groups in total. The number of phenols is 1. The number of rotatable bonds is 12. The van der Waals surface area contributed by atoms with Crippen molar-refractivity contribution in [2.75, 3.05) is 12.0 Å². The molecule has 0 fully saturated rings. The minimum Gasteiger partial charge on any atom is -0.508 e. The van der Waals surface area contributed by atoms with Crippen LogP contribution >= 0.6 is 11.8 Å². The maximum absolute atomic E-state index is 13.1. The molecule has 0 aromatic heterocycles. The van der Waals surface area contributed by atoms with Crippen LogP contribution in [0.3, 0.4) is 0 Å². The van der Waals surface area contributed by atoms with Crippen LogP contribution in [0.5, 0.6) is 5.75 Å². The second-order valence-electron chi connectivity index (χ2n) is 7.47. The number of benzene rings is 2. The van der Waals surface area contributed by atoms with E-state index in [1.165, 1.54) is 12.1 Å². The van der Waals surface area contributed by atoms with Crippen molar-refractivity contribution in [2.45, 2.75) is 37.4 Å². The zero-order chi connectivity index (χ0) is 23.5. The first-order valence-electron chi connectivity index (χ1n) is 10.3. The fourth-order valence-electron chi connectivity index (χ4n) is 3.08. The predicted molar refractivity (Wildman–Crippen MR) is 126 cm³/mol. The molecule has 0 saturated heterocycles. The number of nitrogens with two attached hydrogens (primary N) is 2. The molecule has 3 unspecified atom stereocenters. The summed E-state index contributed by atoms with van der Waals surface area (Å²) in [4.78, 5) is 37.6. The molecule has 0 heterocycles. The molecule has 172 valence electrons. The molecule has 2 rings (SSSR count). The molecule has 0 saturated carbocycles. The monoisotopic (exact) mass is 458 g/mol. The van der Waals surface area contributed by atoms with Gasteiger partial charge in [0.25, 0.3) is 0 Å². The van der Waals surface area contributed by atoms with Gasteiger partial charge in [-0.15, -0.1) is 0 Å². The van der Waals surface area contributed by atoms with Gasteiger partial charge in [-0.2, -0.15) is 11.8 Å². The van der Waals surface area contributed by atoms with Crippen LogP contribution in [0.25, 0.3) is 0 Å². The summed E-state index contributed by atoms with van der Waals surface area (Å²) < 4.78 is 0. The fraction of sp³-hybridized carbons (Fsp3) is 0.348. The van der Waals surface area contributed by atoms with Gasteiger partial charge >= 0.3 is 0 Å². The highest BCUT2D eigenvalue weighted by atomic mass is 32.2.